The molecule has 0 bridgehead atoms. The fourth-order valence-electron chi connectivity index (χ4n) is 5.18. The third-order valence-electron chi connectivity index (χ3n) is 7.36. The van der Waals surface area contributed by atoms with Crippen molar-refractivity contribution in [3.05, 3.63) is 64.7 Å². The van der Waals surface area contributed by atoms with Crippen LogP contribution in [-0.4, -0.2) is 62.3 Å². The predicted molar refractivity (Wildman–Crippen MR) is 138 cm³/mol. The Morgan fingerprint density at radius 3 is 1.95 bits per heavy atom. The second-order valence-electron chi connectivity index (χ2n) is 10.5. The van der Waals surface area contributed by atoms with Crippen LogP contribution in [0.5, 0.6) is 0 Å². The van der Waals surface area contributed by atoms with Gasteiger partial charge in [0.25, 0.3) is 0 Å². The van der Waals surface area contributed by atoms with Crippen molar-refractivity contribution in [1.29, 1.82) is 0 Å². The molecule has 2 aromatic carbocycles. The number of halogens is 9. The number of hydrogen-bond acceptors (Lipinski definition) is 5. The van der Waals surface area contributed by atoms with Crippen LogP contribution in [0, 0.1) is 0 Å². The van der Waals surface area contributed by atoms with E-state index in [2.05, 4.69) is 0 Å². The number of carbonyl (C=O) groups is 2. The van der Waals surface area contributed by atoms with Crippen LogP contribution in [0.1, 0.15) is 48.4 Å². The summed E-state index contributed by atoms with van der Waals surface area (Å²) in [6.07, 6.45) is -18.7. The van der Waals surface area contributed by atoms with Gasteiger partial charge in [-0.05, 0) is 55.7 Å². The molecule has 16 heteroatoms. The maximum absolute atomic E-state index is 14.5. The van der Waals surface area contributed by atoms with Crippen LogP contribution in [0.15, 0.2) is 42.5 Å². The topological polar surface area (TPSA) is 68.3 Å². The maximum atomic E-state index is 14.5. The first kappa shape index (κ1) is 34.8. The zero-order valence-electron chi connectivity index (χ0n) is 23.9. The zero-order valence-corrected chi connectivity index (χ0v) is 23.9. The summed E-state index contributed by atoms with van der Waals surface area (Å²) < 4.78 is 139. The van der Waals surface area contributed by atoms with Gasteiger partial charge < -0.3 is 14.2 Å². The average molecular weight is 645 g/mol. The van der Waals surface area contributed by atoms with Crippen LogP contribution in [0.3, 0.4) is 0 Å². The van der Waals surface area contributed by atoms with E-state index in [1.54, 1.807) is 0 Å². The highest BCUT2D eigenvalue weighted by Gasteiger charge is 2.55. The monoisotopic (exact) mass is 644 g/mol. The molecule has 0 N–H and O–H groups in total. The molecule has 0 spiro atoms. The third kappa shape index (κ3) is 7.50. The molecule has 2 atom stereocenters. The minimum absolute atomic E-state index is 0.0806. The van der Waals surface area contributed by atoms with E-state index in [-0.39, 0.29) is 30.5 Å². The van der Waals surface area contributed by atoms with E-state index in [9.17, 15) is 49.1 Å². The highest BCUT2D eigenvalue weighted by Crippen LogP contribution is 2.50. The van der Waals surface area contributed by atoms with Crippen molar-refractivity contribution >= 4 is 17.9 Å². The van der Waals surface area contributed by atoms with E-state index in [1.807, 2.05) is 0 Å². The Kier molecular flexibility index (Phi) is 10.1. The Balaban J connectivity index is 2.15. The summed E-state index contributed by atoms with van der Waals surface area (Å²) in [6.45, 7) is 1.30. The number of alkyl halides is 9. The molecule has 244 valence electrons. The van der Waals surface area contributed by atoms with Crippen molar-refractivity contribution in [3.8, 4) is 0 Å². The number of amides is 2. The molecule has 0 saturated heterocycles. The van der Waals surface area contributed by atoms with Crippen LogP contribution in [0.2, 0.25) is 0 Å². The molecular formula is C28H29F9N2O5. The summed E-state index contributed by atoms with van der Waals surface area (Å²) in [6, 6.07) is 3.78. The molecule has 0 aliphatic carbocycles. The average Bonchev–Trinajstić information content (AvgIpc) is 2.92. The number of nitrogens with zero attached hydrogens (tertiary/aromatic N) is 2. The number of fused-ring (bicyclic) bond motifs is 1. The first-order chi connectivity index (χ1) is 20.2. The fraction of sp³-hybridized carbons (Fsp3) is 0.500. The molecule has 0 aromatic heterocycles. The molecule has 44 heavy (non-hydrogen) atoms. The van der Waals surface area contributed by atoms with E-state index < -0.39 is 77.9 Å². The van der Waals surface area contributed by atoms with Crippen molar-refractivity contribution < 1.29 is 63.3 Å². The van der Waals surface area contributed by atoms with Crippen molar-refractivity contribution in [2.45, 2.75) is 62.8 Å². The molecule has 1 heterocycles. The van der Waals surface area contributed by atoms with E-state index >= 15 is 0 Å². The molecule has 1 aliphatic rings. The number of methoxy groups -OCH3 is 2. The second kappa shape index (κ2) is 12.7. The van der Waals surface area contributed by atoms with Gasteiger partial charge in [-0.25, -0.2) is 9.59 Å². The van der Waals surface area contributed by atoms with Crippen molar-refractivity contribution in [2.24, 2.45) is 0 Å². The number of rotatable bonds is 7. The fourth-order valence-corrected chi connectivity index (χ4v) is 5.18. The summed E-state index contributed by atoms with van der Waals surface area (Å²) in [5.74, 6) is -1.25. The Morgan fingerprint density at radius 2 is 1.45 bits per heavy atom. The standard InChI is InChI=1S/C28H29F9N2O5/c1-25(2,38(23(40)43-4)15-16-11-17(26(29,30)31)13-18(12-16)27(32,33)34)20-14-22(28(35,36)37)39(24(41)44-10-9-42-3)21-8-6-5-7-19(20)21/h5-8,11-13,20,22H,9-10,14-15H2,1-4H3. The van der Waals surface area contributed by atoms with Gasteiger partial charge in [0.15, 0.2) is 0 Å². The van der Waals surface area contributed by atoms with Crippen LogP contribution in [0.25, 0.3) is 0 Å². The number of benzene rings is 2. The molecular weight excluding hydrogens is 615 g/mol. The van der Waals surface area contributed by atoms with Gasteiger partial charge in [-0.2, -0.15) is 39.5 Å². The van der Waals surface area contributed by atoms with Crippen molar-refractivity contribution in [3.63, 3.8) is 0 Å². The van der Waals surface area contributed by atoms with E-state index in [0.29, 0.717) is 17.0 Å². The first-order valence-electron chi connectivity index (χ1n) is 13.0. The lowest BCUT2D eigenvalue weighted by Crippen LogP contribution is -2.58. The van der Waals surface area contributed by atoms with E-state index in [1.165, 1.54) is 45.2 Å². The minimum Gasteiger partial charge on any atom is -0.453 e. The first-order valence-corrected chi connectivity index (χ1v) is 13.0. The maximum Gasteiger partial charge on any atom is 0.416 e. The molecule has 1 aliphatic heterocycles. The Morgan fingerprint density at radius 1 is 0.886 bits per heavy atom. The summed E-state index contributed by atoms with van der Waals surface area (Å²) >= 11 is 0. The summed E-state index contributed by atoms with van der Waals surface area (Å²) in [5, 5.41) is 0. The lowest BCUT2D eigenvalue weighted by atomic mass is 9.73. The van der Waals surface area contributed by atoms with Gasteiger partial charge in [0.1, 0.15) is 12.6 Å². The highest BCUT2D eigenvalue weighted by molar-refractivity contribution is 5.90. The third-order valence-corrected chi connectivity index (χ3v) is 7.36. The van der Waals surface area contributed by atoms with Crippen molar-refractivity contribution in [1.82, 2.24) is 4.90 Å². The van der Waals surface area contributed by atoms with Gasteiger partial charge in [0, 0.05) is 25.1 Å². The second-order valence-corrected chi connectivity index (χ2v) is 10.5. The highest BCUT2D eigenvalue weighted by atomic mass is 19.4. The zero-order chi connectivity index (χ0) is 33.3. The van der Waals surface area contributed by atoms with E-state index in [4.69, 9.17) is 14.2 Å². The summed E-state index contributed by atoms with van der Waals surface area (Å²) in [4.78, 5) is 27.1. The van der Waals surface area contributed by atoms with Gasteiger partial charge in [-0.1, -0.05) is 18.2 Å². The van der Waals surface area contributed by atoms with E-state index in [0.717, 1.165) is 12.0 Å². The van der Waals surface area contributed by atoms with Crippen LogP contribution in [0.4, 0.5) is 54.8 Å². The predicted octanol–water partition coefficient (Wildman–Crippen LogP) is 7.78. The Bertz CT molecular complexity index is 1310. The number of carbonyl (C=O) groups excluding carboxylic acids is 2. The van der Waals surface area contributed by atoms with Gasteiger partial charge >= 0.3 is 30.7 Å². The number of anilines is 1. The van der Waals surface area contributed by atoms with Crippen LogP contribution >= 0.6 is 0 Å². The van der Waals surface area contributed by atoms with Crippen molar-refractivity contribution in [2.75, 3.05) is 32.3 Å². The molecule has 3 rings (SSSR count). The molecule has 0 saturated carbocycles. The summed E-state index contributed by atoms with van der Waals surface area (Å²) in [5.41, 5.74) is -5.64. The molecule has 0 radical (unpaired) electrons. The number of ether oxygens (including phenoxy) is 3. The van der Waals surface area contributed by atoms with Gasteiger partial charge in [0.05, 0.1) is 30.5 Å². The Labute approximate surface area is 246 Å². The lowest BCUT2D eigenvalue weighted by molar-refractivity contribution is -0.153. The van der Waals surface area contributed by atoms with Crippen LogP contribution < -0.4 is 4.90 Å². The lowest BCUT2D eigenvalue weighted by Gasteiger charge is -2.49. The largest absolute Gasteiger partial charge is 0.453 e. The molecule has 2 aromatic rings. The van der Waals surface area contributed by atoms with Crippen LogP contribution in [-0.2, 0) is 33.1 Å². The molecule has 2 unspecified atom stereocenters. The minimum atomic E-state index is -5.18. The van der Waals surface area contributed by atoms with Gasteiger partial charge in [0.2, 0.25) is 0 Å². The van der Waals surface area contributed by atoms with Gasteiger partial charge in [-0.15, -0.1) is 0 Å². The SMILES string of the molecule is COCCOC(=O)N1c2ccccc2C(C(C)(C)N(Cc2cc(C(F)(F)F)cc(C(F)(F)F)c2)C(=O)OC)CC1C(F)(F)F. The normalized spacial score (nSPS) is 17.6. The number of para-hydroxylation sites is 1. The number of hydrogen-bond donors (Lipinski definition) is 0. The van der Waals surface area contributed by atoms with Gasteiger partial charge in [-0.3, -0.25) is 9.80 Å². The molecule has 2 amide bonds. The molecule has 0 fully saturated rings. The summed E-state index contributed by atoms with van der Waals surface area (Å²) in [7, 11) is 2.20. The smallest absolute Gasteiger partial charge is 0.416 e. The Hall–Kier alpha value is -3.69. The quantitative estimate of drug-likeness (QED) is 0.228. The molecule has 7 nitrogen and oxygen atoms in total.